The summed E-state index contributed by atoms with van der Waals surface area (Å²) in [6.07, 6.45) is 3.08. The van der Waals surface area contributed by atoms with Crippen molar-refractivity contribution in [2.75, 3.05) is 0 Å². The molecular weight excluding hydrogens is 493 g/mol. The quantitative estimate of drug-likeness (QED) is 0.227. The van der Waals surface area contributed by atoms with Crippen LogP contribution in [0.5, 0.6) is 0 Å². The molecule has 0 spiro atoms. The van der Waals surface area contributed by atoms with Gasteiger partial charge in [-0.2, -0.15) is 0 Å². The molecule has 7 heteroatoms. The van der Waals surface area contributed by atoms with Crippen LogP contribution in [0.25, 0.3) is 0 Å². The minimum Gasteiger partial charge on any atom is -0.328 e. The van der Waals surface area contributed by atoms with Crippen LogP contribution in [0.4, 0.5) is 0 Å². The monoisotopic (exact) mass is 558 g/mol. The molecule has 0 rings (SSSR count). The van der Waals surface area contributed by atoms with E-state index in [9.17, 15) is 0 Å². The largest absolute Gasteiger partial charge is 0.328 e. The molecule has 0 aliphatic carbocycles. The molecule has 0 saturated heterocycles. The Bertz CT molecular complexity index is 603. The van der Waals surface area contributed by atoms with E-state index in [1.807, 2.05) is 0 Å². The van der Waals surface area contributed by atoms with Gasteiger partial charge < -0.3 is 8.46 Å². The Morgan fingerprint density at radius 1 is 0.471 bits per heavy atom. The van der Waals surface area contributed by atoms with Crippen LogP contribution in [0.3, 0.4) is 0 Å². The van der Waals surface area contributed by atoms with Crippen molar-refractivity contribution < 1.29 is 0 Å². The summed E-state index contributed by atoms with van der Waals surface area (Å²) in [7, 11) is -6.31. The highest BCUT2D eigenvalue weighted by molar-refractivity contribution is 6.95. The maximum absolute atomic E-state index is 3.23. The zero-order valence-electron chi connectivity index (χ0n) is 27.6. The van der Waals surface area contributed by atoms with Crippen molar-refractivity contribution in [3.05, 3.63) is 11.8 Å². The summed E-state index contributed by atoms with van der Waals surface area (Å²) in [4.78, 5) is 0. The van der Waals surface area contributed by atoms with Crippen molar-refractivity contribution in [1.29, 1.82) is 0 Å². The molecular formula is C27H66N2Si5. The summed E-state index contributed by atoms with van der Waals surface area (Å²) >= 11 is 0. The van der Waals surface area contributed by atoms with Crippen molar-refractivity contribution >= 4 is 43.2 Å². The lowest BCUT2D eigenvalue weighted by atomic mass is 10.2. The average molecular weight is 559 g/mol. The van der Waals surface area contributed by atoms with Gasteiger partial charge in [0.2, 0.25) is 0 Å². The normalized spacial score (nSPS) is 16.6. The molecule has 204 valence electrons. The fourth-order valence-electron chi connectivity index (χ4n) is 4.63. The predicted octanol–water partition coefficient (Wildman–Crippen LogP) is 8.82. The van der Waals surface area contributed by atoms with Crippen LogP contribution >= 0.6 is 0 Å². The molecule has 0 aromatic carbocycles. The maximum Gasteiger partial charge on any atom is 0.122 e. The highest BCUT2D eigenvalue weighted by Gasteiger charge is 2.60. The Morgan fingerprint density at radius 3 is 0.765 bits per heavy atom. The van der Waals surface area contributed by atoms with E-state index in [1.165, 1.54) is 0 Å². The molecule has 2 nitrogen and oxygen atoms in total. The molecule has 0 heterocycles. The molecule has 0 unspecified atom stereocenters. The first-order valence-electron chi connectivity index (χ1n) is 13.7. The molecule has 0 aliphatic heterocycles. The summed E-state index contributed by atoms with van der Waals surface area (Å²) in [5, 5.41) is 1.19. The van der Waals surface area contributed by atoms with Crippen LogP contribution in [0.2, 0.25) is 72.5 Å². The van der Waals surface area contributed by atoms with Crippen LogP contribution in [0.15, 0.2) is 11.8 Å². The smallest absolute Gasteiger partial charge is 0.122 e. The van der Waals surface area contributed by atoms with E-state index >= 15 is 0 Å². The van der Waals surface area contributed by atoms with E-state index in [0.717, 1.165) is 10.2 Å². The third kappa shape index (κ3) is 6.41. The van der Waals surface area contributed by atoms with Crippen molar-refractivity contribution in [3.63, 3.8) is 0 Å². The van der Waals surface area contributed by atoms with Gasteiger partial charge in [0.25, 0.3) is 0 Å². The molecule has 0 aliphatic rings. The average Bonchev–Trinajstić information content (AvgIpc) is 2.49. The molecule has 0 aromatic rings. The van der Waals surface area contributed by atoms with E-state index in [1.54, 1.807) is 0 Å². The first kappa shape index (κ1) is 34.7. The van der Waals surface area contributed by atoms with E-state index in [4.69, 9.17) is 0 Å². The van der Waals surface area contributed by atoms with Gasteiger partial charge in [-0.15, -0.1) is 5.70 Å². The molecule has 0 N–H and O–H groups in total. The zero-order chi connectivity index (χ0) is 28.1. The van der Waals surface area contributed by atoms with Gasteiger partial charge in [0.15, 0.2) is 0 Å². The van der Waals surface area contributed by atoms with Gasteiger partial charge in [-0.25, -0.2) is 0 Å². The fraction of sp³-hybridized carbons (Fsp3) is 0.926. The topological polar surface area (TPSA) is 6.48 Å². The first-order chi connectivity index (χ1) is 14.4. The first-order valence-corrected chi connectivity index (χ1v) is 26.6. The number of nitrogens with zero attached hydrogens (tertiary/aromatic N) is 2. The molecule has 0 fully saturated rings. The molecule has 0 saturated carbocycles. The summed E-state index contributed by atoms with van der Waals surface area (Å²) in [6, 6.07) is 0. The lowest BCUT2D eigenvalue weighted by Gasteiger charge is -2.67. The van der Waals surface area contributed by atoms with Gasteiger partial charge in [-0.1, -0.05) is 142 Å². The van der Waals surface area contributed by atoms with Crippen molar-refractivity contribution in [1.82, 2.24) is 8.46 Å². The van der Waals surface area contributed by atoms with Gasteiger partial charge in [0.05, 0.1) is 6.17 Å². The molecule has 0 amide bonds. The number of hydrogen-bond donors (Lipinski definition) is 0. The predicted molar refractivity (Wildman–Crippen MR) is 175 cm³/mol. The van der Waals surface area contributed by atoms with Gasteiger partial charge >= 0.3 is 0 Å². The fourth-order valence-corrected chi connectivity index (χ4v) is 27.0. The van der Waals surface area contributed by atoms with Gasteiger partial charge in [0, 0.05) is 10.2 Å². The Hall–Kier alpha value is 0.744. The van der Waals surface area contributed by atoms with Crippen LogP contribution in [0, 0.1) is 0 Å². The third-order valence-corrected chi connectivity index (χ3v) is 38.3. The highest BCUT2D eigenvalue weighted by atomic mass is 28.4. The second-order valence-corrected chi connectivity index (χ2v) is 38.9. The molecule has 0 radical (unpaired) electrons. The van der Waals surface area contributed by atoms with Gasteiger partial charge in [-0.3, -0.25) is 0 Å². The standard InChI is InChI=1S/C27H66N2Si5/c1-24(2,3)31(13,14)28(32(15,16)25(4,5)6)23(21-22-30)29(33(17,18)26(7,8)9)34(19,20)27(10,11)12/h21-23H,1-20,30H3. The highest BCUT2D eigenvalue weighted by Crippen LogP contribution is 2.53. The molecule has 34 heavy (non-hydrogen) atoms. The van der Waals surface area contributed by atoms with Crippen molar-refractivity contribution in [2.45, 2.75) is 162 Å². The van der Waals surface area contributed by atoms with Crippen LogP contribution in [0.1, 0.15) is 83.1 Å². The Morgan fingerprint density at radius 2 is 0.647 bits per heavy atom. The zero-order valence-corrected chi connectivity index (χ0v) is 33.6. The van der Waals surface area contributed by atoms with Crippen LogP contribution in [-0.4, -0.2) is 57.8 Å². The minimum atomic E-state index is -1.86. The summed E-state index contributed by atoms with van der Waals surface area (Å²) < 4.78 is 6.46. The van der Waals surface area contributed by atoms with E-state index in [-0.39, 0.29) is 0 Å². The Kier molecular flexibility index (Phi) is 10.4. The minimum absolute atomic E-state index is 0.298. The summed E-state index contributed by atoms with van der Waals surface area (Å²) in [6.45, 7) is 51.6. The molecule has 0 aromatic heterocycles. The lowest BCUT2D eigenvalue weighted by Crippen LogP contribution is -2.80. The Labute approximate surface area is 224 Å². The van der Waals surface area contributed by atoms with E-state index < -0.39 is 32.9 Å². The summed E-state index contributed by atoms with van der Waals surface area (Å²) in [5.41, 5.74) is 2.51. The summed E-state index contributed by atoms with van der Waals surface area (Å²) in [5.74, 6) is 0. The number of hydrogen-bond acceptors (Lipinski definition) is 2. The van der Waals surface area contributed by atoms with Gasteiger partial charge in [0.1, 0.15) is 32.9 Å². The van der Waals surface area contributed by atoms with Crippen LogP contribution in [-0.2, 0) is 0 Å². The molecule has 0 bridgehead atoms. The number of rotatable bonds is 7. The van der Waals surface area contributed by atoms with E-state index in [2.05, 4.69) is 156 Å². The maximum atomic E-state index is 3.23. The Balaban J connectivity index is 7.87. The van der Waals surface area contributed by atoms with E-state index in [0.29, 0.717) is 26.3 Å². The van der Waals surface area contributed by atoms with Crippen molar-refractivity contribution in [2.24, 2.45) is 0 Å². The van der Waals surface area contributed by atoms with Crippen molar-refractivity contribution in [3.8, 4) is 0 Å². The lowest BCUT2D eigenvalue weighted by molar-refractivity contribution is 0.322. The second-order valence-electron chi connectivity index (χ2n) is 16.9. The second kappa shape index (κ2) is 10.1. The SMILES string of the molecule is CC(C)(C)[Si](C)(C)N(C(C=C[SiH3])N([Si](C)(C)C(C)(C)C)[Si](C)(C)C(C)(C)C)[Si](C)(C)C(C)(C)C. The van der Waals surface area contributed by atoms with Gasteiger partial charge in [-0.05, 0) is 20.2 Å². The van der Waals surface area contributed by atoms with Crippen LogP contribution < -0.4 is 0 Å². The molecule has 0 atom stereocenters. The third-order valence-electron chi connectivity index (χ3n) is 10.6.